The summed E-state index contributed by atoms with van der Waals surface area (Å²) >= 11 is 6.89. The second-order valence-electron chi connectivity index (χ2n) is 42.5. The van der Waals surface area contributed by atoms with E-state index in [9.17, 15) is 4.79 Å². The molecule has 0 radical (unpaired) electrons. The molecule has 132 heavy (non-hydrogen) atoms. The molecule has 2 N–H and O–H groups in total. The number of aromatic nitrogens is 4. The number of fused-ring (bicyclic) bond motifs is 8. The van der Waals surface area contributed by atoms with Gasteiger partial charge >= 0.3 is 5.97 Å². The Hall–Kier alpha value is -14.0. The Morgan fingerprint density at radius 1 is 0.348 bits per heavy atom. The standard InChI is InChI=1S/C121H51N5O2S4/c1-33-26-35(3)52(36(4)27-33)56-48-20-16-44(122-48)54(45-17-21-49(123-45)57(53-37(5)28-34(2)29-38(53)6)51-23-19-47(125-51)55(46-18-22-50(56)124-46)40-10-14-42(15-11-40)117(127)128-30-43-31-131-119(132-43)118-129-24-25-130-118)39-8-12-41(13-9-39)116-121-114-108-102-92-80-72-64-60-58-59-62-66(64)74(80)84-78-70(62)71-63(59)67-65-61(58)69-68(60)76-82(72)90-96-86(76)87-77(69)83-73(65)81-75(67)85-79(71)89-88(78)100(94(84)102)110(114)111-101(89)95(85)103-93(81)99-91(83)97(87)105-104(96)112(106(108)98(90)92)120(121,32-126(116)7)113(105)107(99)109(103)115(111)121/h8-29,31,116,122,125H,30,32H2,1-7H3. The van der Waals surface area contributed by atoms with E-state index in [0.717, 1.165) is 101 Å². The second kappa shape index (κ2) is 18.0. The number of nitrogens with zero attached hydrogens (tertiary/aromatic N) is 3. The van der Waals surface area contributed by atoms with Crippen LogP contribution >= 0.6 is 47.0 Å². The van der Waals surface area contributed by atoms with E-state index in [-0.39, 0.29) is 18.6 Å². The fraction of sp³-hybridized carbons (Fsp3) is 0.0992. The zero-order chi connectivity index (χ0) is 83.8. The van der Waals surface area contributed by atoms with Gasteiger partial charge in [-0.3, -0.25) is 4.90 Å². The number of thioether (sulfide) groups is 4. The molecule has 44 rings (SSSR count). The number of aryl methyl sites for hydroxylation is 6. The molecule has 1 fully saturated rings. The van der Waals surface area contributed by atoms with E-state index in [4.69, 9.17) is 14.7 Å². The van der Waals surface area contributed by atoms with Crippen molar-refractivity contribution in [3.63, 3.8) is 0 Å². The van der Waals surface area contributed by atoms with Crippen LogP contribution in [-0.4, -0.2) is 51.0 Å². The predicted molar refractivity (Wildman–Crippen MR) is 563 cm³/mol. The first-order valence-electron chi connectivity index (χ1n) is 46.8. The van der Waals surface area contributed by atoms with Crippen LogP contribution in [0.25, 0.3) is 382 Å². The van der Waals surface area contributed by atoms with Gasteiger partial charge in [0.1, 0.15) is 6.61 Å². The van der Waals surface area contributed by atoms with Gasteiger partial charge in [-0.1, -0.05) is 119 Å². The molecule has 3 aromatic heterocycles. The number of ether oxygens (including phenoxy) is 1. The average molecular weight is 1740 g/mol. The smallest absolute Gasteiger partial charge is 0.338 e. The van der Waals surface area contributed by atoms with Crippen molar-refractivity contribution < 1.29 is 9.53 Å². The van der Waals surface area contributed by atoms with E-state index < -0.39 is 10.8 Å². The number of carbonyl (C=O) groups is 1. The first-order chi connectivity index (χ1) is 64.9. The van der Waals surface area contributed by atoms with Gasteiger partial charge in [0.05, 0.1) is 47.6 Å². The van der Waals surface area contributed by atoms with Crippen LogP contribution in [0.2, 0.25) is 0 Å². The lowest BCUT2D eigenvalue weighted by Crippen LogP contribution is -2.51. The third kappa shape index (κ3) is 5.20. The van der Waals surface area contributed by atoms with Gasteiger partial charge in [0.25, 0.3) is 0 Å². The molecule has 2 spiro atoms. The molecule has 5 aliphatic heterocycles. The maximum atomic E-state index is 14.1. The van der Waals surface area contributed by atoms with E-state index in [1.165, 1.54) is 47.4 Å². The van der Waals surface area contributed by atoms with E-state index in [1.54, 1.807) is 360 Å². The van der Waals surface area contributed by atoms with Crippen LogP contribution in [0.5, 0.6) is 0 Å². The molecular weight excluding hydrogens is 1680 g/mol. The largest absolute Gasteiger partial charge is 0.457 e. The number of likely N-dealkylation sites (tertiary alicyclic amines) is 1. The van der Waals surface area contributed by atoms with Crippen molar-refractivity contribution in [2.45, 2.75) is 58.4 Å². The molecule has 11 heteroatoms. The van der Waals surface area contributed by atoms with Gasteiger partial charge < -0.3 is 14.7 Å². The van der Waals surface area contributed by atoms with Crippen LogP contribution < -0.4 is 0 Å². The molecule has 9 aliphatic rings. The molecule has 1 saturated heterocycles. The number of benzene rings is 22. The number of carbonyl (C=O) groups excluding carboxylic acids is 1. The number of hydrogen-bond donors (Lipinski definition) is 2. The van der Waals surface area contributed by atoms with Crippen molar-refractivity contribution in [1.29, 1.82) is 0 Å². The number of nitrogens with one attached hydrogen (secondary N) is 2. The molecule has 32 aromatic carbocycles. The number of hydrogen-bond acceptors (Lipinski definition) is 9. The number of aromatic amines is 2. The van der Waals surface area contributed by atoms with E-state index in [1.807, 2.05) is 12.1 Å². The maximum absolute atomic E-state index is 14.1. The van der Waals surface area contributed by atoms with Crippen molar-refractivity contribution in [3.8, 4) is 44.5 Å². The number of rotatable bonds is 8. The minimum atomic E-state index is -0.524. The fourth-order valence-corrected chi connectivity index (χ4v) is 40.0. The summed E-state index contributed by atoms with van der Waals surface area (Å²) in [5.41, 5.74) is 30.5. The Balaban J connectivity index is 0.577. The van der Waals surface area contributed by atoms with Gasteiger partial charge in [-0.15, -0.1) is 0 Å². The third-order valence-corrected chi connectivity index (χ3v) is 42.9. The molecule has 1 unspecified atom stereocenters. The van der Waals surface area contributed by atoms with Crippen LogP contribution in [0.15, 0.2) is 127 Å². The SMILES string of the molecule is Cc1cc(C)c(-c2c3nc(c(-c4ccc(C5N(C)CC67c8c9c%10c%11c%12c%13c(c%14c%15c6c6c8c8c%16c9c9c%10c%10c%12c%12c%17c%13c%13c%14c%14c%15c%15c6c6c8c8c%16c%16c9c9c%10c%12c%10c%12c%17c%13c%13c%14c%14c%15c6c6c8c8c%16c9c%10c9c%12c%13c%14c6c89)C%1157)cc4)c4ccc([nH]4)c(-c4c(C)cc(C)cc4C)c4nc(c(-c5ccc(C(=O)OCC6=CSC(=C7SC=CS7)S6)cc5)c5ccc2[nH]5)C=C4)C=C3)c(C)c1. The molecule has 1 atom stereocenters. The lowest BCUT2D eigenvalue weighted by Gasteiger charge is -2.52. The Morgan fingerprint density at radius 3 is 0.962 bits per heavy atom. The Morgan fingerprint density at radius 2 is 0.636 bits per heavy atom. The monoisotopic (exact) mass is 1730 g/mol. The van der Waals surface area contributed by atoms with E-state index in [0.29, 0.717) is 5.56 Å². The van der Waals surface area contributed by atoms with Gasteiger partial charge in [-0.05, 0) is 489 Å². The summed E-state index contributed by atoms with van der Waals surface area (Å²) < 4.78 is 8.56. The summed E-state index contributed by atoms with van der Waals surface area (Å²) in [5.74, 6) is -0.358. The minimum Gasteiger partial charge on any atom is -0.457 e. The lowest BCUT2D eigenvalue weighted by atomic mass is 9.47. The van der Waals surface area contributed by atoms with E-state index in [2.05, 4.69) is 189 Å². The Kier molecular flexibility index (Phi) is 8.59. The quantitative estimate of drug-likeness (QED) is 0.114. The van der Waals surface area contributed by atoms with Crippen molar-refractivity contribution in [2.24, 2.45) is 0 Å². The van der Waals surface area contributed by atoms with Crippen LogP contribution in [0.3, 0.4) is 0 Å². The molecule has 8 bridgehead atoms. The summed E-state index contributed by atoms with van der Waals surface area (Å²) in [4.78, 5) is 38.3. The summed E-state index contributed by atoms with van der Waals surface area (Å²) in [5, 5.41) is 94.3. The maximum Gasteiger partial charge on any atom is 0.338 e. The number of likely N-dealkylation sites (N-methyl/N-ethyl adjacent to an activating group) is 1. The highest BCUT2D eigenvalue weighted by Gasteiger charge is 2.76. The van der Waals surface area contributed by atoms with Crippen molar-refractivity contribution >= 4 is 390 Å². The molecule has 8 heterocycles. The van der Waals surface area contributed by atoms with Crippen LogP contribution in [0, 0.1) is 41.5 Å². The van der Waals surface area contributed by atoms with Crippen molar-refractivity contribution in [2.75, 3.05) is 20.2 Å². The average Bonchev–Trinajstić information content (AvgIpc) is 1.38. The van der Waals surface area contributed by atoms with Gasteiger partial charge in [-0.2, -0.15) is 0 Å². The highest BCUT2D eigenvalue weighted by molar-refractivity contribution is 8.33. The third-order valence-electron chi connectivity index (χ3n) is 37.9. The fourth-order valence-electron chi connectivity index (χ4n) is 35.6. The first-order valence-corrected chi connectivity index (χ1v) is 50.3. The summed E-state index contributed by atoms with van der Waals surface area (Å²) in [6.45, 7) is 14.6. The molecule has 0 amide bonds. The van der Waals surface area contributed by atoms with Crippen molar-refractivity contribution in [1.82, 2.24) is 24.8 Å². The molecule has 0 saturated carbocycles. The Labute approximate surface area is 757 Å². The molecule has 7 nitrogen and oxygen atoms in total. The number of esters is 1. The second-order valence-corrected chi connectivity index (χ2v) is 46.9. The normalized spacial score (nSPS) is 19.6. The topological polar surface area (TPSA) is 86.9 Å². The Bertz CT molecular complexity index is 11600. The summed E-state index contributed by atoms with van der Waals surface area (Å²) in [6.07, 6.45) is 8.98. The number of H-pyrrole nitrogens is 2. The molecule has 596 valence electrons. The summed E-state index contributed by atoms with van der Waals surface area (Å²) in [7, 11) is 2.59. The predicted octanol–water partition coefficient (Wildman–Crippen LogP) is 33.0. The summed E-state index contributed by atoms with van der Waals surface area (Å²) in [6, 6.07) is 36.6. The molecule has 35 aromatic rings. The highest BCUT2D eigenvalue weighted by atomic mass is 32.2. The van der Waals surface area contributed by atoms with Gasteiger partial charge in [0, 0.05) is 61.8 Å². The van der Waals surface area contributed by atoms with Gasteiger partial charge in [0.2, 0.25) is 0 Å². The van der Waals surface area contributed by atoms with Crippen LogP contribution in [0.4, 0.5) is 0 Å². The van der Waals surface area contributed by atoms with Crippen LogP contribution in [-0.2, 0) is 15.6 Å². The zero-order valence-electron chi connectivity index (χ0n) is 71.1. The van der Waals surface area contributed by atoms with Gasteiger partial charge in [-0.25, -0.2) is 14.8 Å². The highest BCUT2D eigenvalue weighted by Crippen LogP contribution is 2.87. The van der Waals surface area contributed by atoms with E-state index >= 15 is 0 Å². The van der Waals surface area contributed by atoms with Gasteiger partial charge in [0.15, 0.2) is 0 Å². The van der Waals surface area contributed by atoms with Crippen LogP contribution in [0.1, 0.15) is 100 Å². The van der Waals surface area contributed by atoms with Crippen molar-refractivity contribution in [3.05, 3.63) is 216 Å². The minimum absolute atomic E-state index is 0.0525. The zero-order valence-corrected chi connectivity index (χ0v) is 74.3. The molecule has 4 aliphatic carbocycles. The lowest BCUT2D eigenvalue weighted by molar-refractivity contribution is 0.0546. The molecular formula is C121H51N5O2S4. The first kappa shape index (κ1) is 63.1.